The summed E-state index contributed by atoms with van der Waals surface area (Å²) in [7, 11) is 0. The molecule has 0 saturated carbocycles. The standard InChI is InChI=1S/C21H15N5S/c1-2-8-16(9-3-1)19-23-18-11-5-4-10-17(18)20-24-25-21(26(19)20)27-14-15-7-6-12-22-13-15/h1-13H,14H2. The van der Waals surface area contributed by atoms with Crippen LogP contribution in [-0.2, 0) is 5.75 Å². The van der Waals surface area contributed by atoms with Crippen LogP contribution in [0, 0.1) is 0 Å². The molecule has 0 unspecified atom stereocenters. The molecule has 0 spiro atoms. The molecule has 130 valence electrons. The normalized spacial score (nSPS) is 11.3. The fourth-order valence-electron chi connectivity index (χ4n) is 3.07. The van der Waals surface area contributed by atoms with E-state index >= 15 is 0 Å². The van der Waals surface area contributed by atoms with Crippen LogP contribution >= 0.6 is 11.8 Å². The molecule has 0 aliphatic heterocycles. The fourth-order valence-corrected chi connectivity index (χ4v) is 3.93. The minimum absolute atomic E-state index is 0.774. The summed E-state index contributed by atoms with van der Waals surface area (Å²) in [5, 5.41) is 10.8. The first kappa shape index (κ1) is 16.0. The molecule has 0 radical (unpaired) electrons. The molecule has 0 aliphatic carbocycles. The van der Waals surface area contributed by atoms with Gasteiger partial charge in [-0.1, -0.05) is 60.3 Å². The number of fused-ring (bicyclic) bond motifs is 3. The van der Waals surface area contributed by atoms with Crippen molar-refractivity contribution in [2.75, 3.05) is 0 Å². The van der Waals surface area contributed by atoms with Crippen molar-refractivity contribution in [1.29, 1.82) is 0 Å². The maximum atomic E-state index is 4.92. The summed E-state index contributed by atoms with van der Waals surface area (Å²) < 4.78 is 2.05. The van der Waals surface area contributed by atoms with Crippen LogP contribution in [0.3, 0.4) is 0 Å². The van der Waals surface area contributed by atoms with Gasteiger partial charge in [0.25, 0.3) is 0 Å². The van der Waals surface area contributed by atoms with Crippen LogP contribution in [0.1, 0.15) is 5.56 Å². The number of aromatic nitrogens is 5. The van der Waals surface area contributed by atoms with Gasteiger partial charge in [0.05, 0.1) is 5.52 Å². The smallest absolute Gasteiger partial charge is 0.197 e. The van der Waals surface area contributed by atoms with E-state index in [0.29, 0.717) is 0 Å². The molecule has 0 aliphatic rings. The maximum Gasteiger partial charge on any atom is 0.197 e. The highest BCUT2D eigenvalue weighted by Gasteiger charge is 2.16. The van der Waals surface area contributed by atoms with Gasteiger partial charge in [0.1, 0.15) is 5.82 Å². The van der Waals surface area contributed by atoms with E-state index in [2.05, 4.69) is 37.8 Å². The van der Waals surface area contributed by atoms with Crippen molar-refractivity contribution in [3.8, 4) is 11.4 Å². The highest BCUT2D eigenvalue weighted by Crippen LogP contribution is 2.30. The predicted molar refractivity (Wildman–Crippen MR) is 108 cm³/mol. The molecular weight excluding hydrogens is 354 g/mol. The molecule has 0 fully saturated rings. The zero-order valence-corrected chi connectivity index (χ0v) is 15.2. The second kappa shape index (κ2) is 6.81. The lowest BCUT2D eigenvalue weighted by Crippen LogP contribution is -1.99. The topological polar surface area (TPSA) is 56.0 Å². The summed E-state index contributed by atoms with van der Waals surface area (Å²) in [6.45, 7) is 0. The second-order valence-electron chi connectivity index (χ2n) is 6.11. The SMILES string of the molecule is c1ccc(-c2nc3ccccc3c3nnc(SCc4cccnc4)n23)cc1. The Bertz CT molecular complexity index is 1220. The zero-order chi connectivity index (χ0) is 18.1. The second-order valence-corrected chi connectivity index (χ2v) is 7.05. The summed E-state index contributed by atoms with van der Waals surface area (Å²) in [6, 6.07) is 22.2. The van der Waals surface area contributed by atoms with Crippen molar-refractivity contribution >= 4 is 28.3 Å². The first-order valence-corrected chi connectivity index (χ1v) is 9.60. The van der Waals surface area contributed by atoms with E-state index in [1.807, 2.05) is 54.7 Å². The fraction of sp³-hybridized carbons (Fsp3) is 0.0476. The van der Waals surface area contributed by atoms with E-state index in [0.717, 1.165) is 44.4 Å². The van der Waals surface area contributed by atoms with Crippen LogP contribution in [0.15, 0.2) is 84.3 Å². The molecule has 0 saturated heterocycles. The molecule has 3 heterocycles. The Morgan fingerprint density at radius 2 is 1.70 bits per heavy atom. The third-order valence-corrected chi connectivity index (χ3v) is 5.34. The van der Waals surface area contributed by atoms with Gasteiger partial charge in [-0.3, -0.25) is 9.38 Å². The lowest BCUT2D eigenvalue weighted by molar-refractivity contribution is 0.913. The molecule has 27 heavy (non-hydrogen) atoms. The average molecular weight is 369 g/mol. The van der Waals surface area contributed by atoms with Crippen LogP contribution in [0.2, 0.25) is 0 Å². The first-order valence-electron chi connectivity index (χ1n) is 8.61. The molecule has 5 aromatic rings. The lowest BCUT2D eigenvalue weighted by Gasteiger charge is -2.09. The molecule has 2 aromatic carbocycles. The zero-order valence-electron chi connectivity index (χ0n) is 14.4. The largest absolute Gasteiger partial charge is 0.264 e. The van der Waals surface area contributed by atoms with Gasteiger partial charge >= 0.3 is 0 Å². The summed E-state index contributed by atoms with van der Waals surface area (Å²) in [5.41, 5.74) is 3.93. The minimum Gasteiger partial charge on any atom is -0.264 e. The molecule has 0 N–H and O–H groups in total. The van der Waals surface area contributed by atoms with Gasteiger partial charge in [0.2, 0.25) is 0 Å². The van der Waals surface area contributed by atoms with E-state index in [9.17, 15) is 0 Å². The number of rotatable bonds is 4. The van der Waals surface area contributed by atoms with Gasteiger partial charge in [-0.25, -0.2) is 4.98 Å². The van der Waals surface area contributed by atoms with Crippen LogP contribution in [-0.4, -0.2) is 24.6 Å². The molecule has 6 heteroatoms. The van der Waals surface area contributed by atoms with Crippen LogP contribution in [0.4, 0.5) is 0 Å². The van der Waals surface area contributed by atoms with E-state index < -0.39 is 0 Å². The number of thioether (sulfide) groups is 1. The first-order chi connectivity index (χ1) is 13.4. The number of nitrogens with zero attached hydrogens (tertiary/aromatic N) is 5. The summed E-state index contributed by atoms with van der Waals surface area (Å²) in [4.78, 5) is 9.10. The number of hydrogen-bond donors (Lipinski definition) is 0. The average Bonchev–Trinajstić information content (AvgIpc) is 3.17. The molecule has 3 aromatic heterocycles. The molecule has 0 amide bonds. The van der Waals surface area contributed by atoms with Crippen molar-refractivity contribution in [2.24, 2.45) is 0 Å². The quantitative estimate of drug-likeness (QED) is 0.432. The van der Waals surface area contributed by atoms with Gasteiger partial charge in [0, 0.05) is 29.1 Å². The monoisotopic (exact) mass is 369 g/mol. The van der Waals surface area contributed by atoms with Crippen LogP contribution in [0.5, 0.6) is 0 Å². The Hall–Kier alpha value is -3.25. The van der Waals surface area contributed by atoms with E-state index in [4.69, 9.17) is 4.98 Å². The Balaban J connectivity index is 1.69. The summed E-state index contributed by atoms with van der Waals surface area (Å²) >= 11 is 1.64. The Labute approximate surface area is 160 Å². The Morgan fingerprint density at radius 3 is 2.56 bits per heavy atom. The van der Waals surface area contributed by atoms with E-state index in [1.54, 1.807) is 18.0 Å². The molecule has 5 rings (SSSR count). The highest BCUT2D eigenvalue weighted by atomic mass is 32.2. The van der Waals surface area contributed by atoms with Gasteiger partial charge in [-0.2, -0.15) is 0 Å². The molecule has 0 bridgehead atoms. The van der Waals surface area contributed by atoms with Crippen molar-refractivity contribution in [2.45, 2.75) is 10.9 Å². The van der Waals surface area contributed by atoms with Crippen LogP contribution in [0.25, 0.3) is 27.9 Å². The third kappa shape index (κ3) is 2.94. The number of para-hydroxylation sites is 1. The number of pyridine rings is 1. The van der Waals surface area contributed by atoms with Gasteiger partial charge in [-0.15, -0.1) is 10.2 Å². The Kier molecular flexibility index (Phi) is 4.03. The number of hydrogen-bond acceptors (Lipinski definition) is 5. The van der Waals surface area contributed by atoms with Gasteiger partial charge in [-0.05, 0) is 23.8 Å². The molecular formula is C21H15N5S. The summed E-state index contributed by atoms with van der Waals surface area (Å²) in [6.07, 6.45) is 3.66. The van der Waals surface area contributed by atoms with Gasteiger partial charge in [0.15, 0.2) is 10.8 Å². The van der Waals surface area contributed by atoms with Gasteiger partial charge < -0.3 is 0 Å². The van der Waals surface area contributed by atoms with Crippen molar-refractivity contribution in [3.63, 3.8) is 0 Å². The Morgan fingerprint density at radius 1 is 0.852 bits per heavy atom. The minimum atomic E-state index is 0.774. The van der Waals surface area contributed by atoms with Crippen molar-refractivity contribution in [1.82, 2.24) is 24.6 Å². The highest BCUT2D eigenvalue weighted by molar-refractivity contribution is 7.98. The number of benzene rings is 2. The third-order valence-electron chi connectivity index (χ3n) is 4.34. The predicted octanol–water partition coefficient (Wildman–Crippen LogP) is 4.63. The lowest BCUT2D eigenvalue weighted by atomic mass is 10.2. The van der Waals surface area contributed by atoms with Crippen molar-refractivity contribution in [3.05, 3.63) is 84.7 Å². The maximum absolute atomic E-state index is 4.92. The summed E-state index contributed by atoms with van der Waals surface area (Å²) in [5.74, 6) is 1.62. The van der Waals surface area contributed by atoms with E-state index in [-0.39, 0.29) is 0 Å². The van der Waals surface area contributed by atoms with E-state index in [1.165, 1.54) is 0 Å². The van der Waals surface area contributed by atoms with Crippen molar-refractivity contribution < 1.29 is 0 Å². The van der Waals surface area contributed by atoms with Crippen LogP contribution < -0.4 is 0 Å². The molecule has 5 nitrogen and oxygen atoms in total. The molecule has 0 atom stereocenters.